The van der Waals surface area contributed by atoms with Crippen LogP contribution in [0.15, 0.2) is 45.9 Å². The maximum Gasteiger partial charge on any atom is 0.278 e. The SMILES string of the molecule is CC1(C)C=C(n2cc(Br)cc(N)c2=O)c2ncccc2O1. The van der Waals surface area contributed by atoms with E-state index in [9.17, 15) is 4.79 Å². The van der Waals surface area contributed by atoms with Gasteiger partial charge in [0.05, 0.1) is 11.4 Å². The van der Waals surface area contributed by atoms with E-state index in [1.807, 2.05) is 26.0 Å². The summed E-state index contributed by atoms with van der Waals surface area (Å²) >= 11 is 3.36. The van der Waals surface area contributed by atoms with E-state index < -0.39 is 5.60 Å². The maximum absolute atomic E-state index is 12.3. The molecule has 0 fully saturated rings. The fourth-order valence-electron chi connectivity index (χ4n) is 2.31. The summed E-state index contributed by atoms with van der Waals surface area (Å²) in [4.78, 5) is 16.7. The Kier molecular flexibility index (Phi) is 3.13. The van der Waals surface area contributed by atoms with Crippen molar-refractivity contribution in [3.8, 4) is 5.75 Å². The van der Waals surface area contributed by atoms with Gasteiger partial charge in [0.25, 0.3) is 5.56 Å². The van der Waals surface area contributed by atoms with Gasteiger partial charge in [-0.15, -0.1) is 0 Å². The molecule has 3 heterocycles. The molecule has 108 valence electrons. The van der Waals surface area contributed by atoms with Crippen molar-refractivity contribution < 1.29 is 4.74 Å². The molecule has 0 spiro atoms. The molecule has 0 atom stereocenters. The number of hydrogen-bond donors (Lipinski definition) is 1. The van der Waals surface area contributed by atoms with E-state index in [2.05, 4.69) is 20.9 Å². The molecular formula is C15H14BrN3O2. The second-order valence-corrected chi connectivity index (χ2v) is 6.29. The summed E-state index contributed by atoms with van der Waals surface area (Å²) in [6, 6.07) is 5.22. The molecule has 2 aromatic heterocycles. The van der Waals surface area contributed by atoms with E-state index in [0.717, 1.165) is 4.47 Å². The zero-order valence-corrected chi connectivity index (χ0v) is 13.2. The van der Waals surface area contributed by atoms with Crippen LogP contribution in [0.5, 0.6) is 5.75 Å². The highest BCUT2D eigenvalue weighted by Crippen LogP contribution is 2.34. The lowest BCUT2D eigenvalue weighted by Gasteiger charge is -2.30. The van der Waals surface area contributed by atoms with Gasteiger partial charge in [0.15, 0.2) is 0 Å². The molecule has 2 aromatic rings. The van der Waals surface area contributed by atoms with Crippen LogP contribution in [0.2, 0.25) is 0 Å². The molecule has 5 nitrogen and oxygen atoms in total. The predicted octanol–water partition coefficient (Wildman–Crippen LogP) is 2.65. The van der Waals surface area contributed by atoms with Crippen molar-refractivity contribution in [1.29, 1.82) is 0 Å². The van der Waals surface area contributed by atoms with Crippen molar-refractivity contribution in [2.24, 2.45) is 0 Å². The Morgan fingerprint density at radius 2 is 2.19 bits per heavy atom. The zero-order valence-electron chi connectivity index (χ0n) is 11.6. The molecule has 0 saturated heterocycles. The molecule has 0 saturated carbocycles. The first kappa shape index (κ1) is 13.9. The van der Waals surface area contributed by atoms with Gasteiger partial charge >= 0.3 is 0 Å². The Balaban J connectivity index is 2.30. The molecule has 1 aliphatic rings. The lowest BCUT2D eigenvalue weighted by Crippen LogP contribution is -2.33. The van der Waals surface area contributed by atoms with E-state index in [0.29, 0.717) is 17.1 Å². The summed E-state index contributed by atoms with van der Waals surface area (Å²) < 4.78 is 8.09. The Morgan fingerprint density at radius 1 is 1.43 bits per heavy atom. The Bertz CT molecular complexity index is 809. The standard InChI is InChI=1S/C15H14BrN3O2/c1-15(2)7-11(13-12(21-15)4-3-5-18-13)19-8-9(16)6-10(17)14(19)20/h3-8H,17H2,1-2H3. The van der Waals surface area contributed by atoms with Crippen LogP contribution in [-0.2, 0) is 0 Å². The number of nitrogen functional groups attached to an aromatic ring is 1. The first-order valence-electron chi connectivity index (χ1n) is 6.43. The topological polar surface area (TPSA) is 70.1 Å². The van der Waals surface area contributed by atoms with Crippen molar-refractivity contribution in [2.75, 3.05) is 5.73 Å². The van der Waals surface area contributed by atoms with Crippen LogP contribution in [0.4, 0.5) is 5.69 Å². The van der Waals surface area contributed by atoms with Crippen molar-refractivity contribution in [1.82, 2.24) is 9.55 Å². The third-order valence-electron chi connectivity index (χ3n) is 3.14. The number of rotatable bonds is 1. The van der Waals surface area contributed by atoms with Crippen LogP contribution in [0.3, 0.4) is 0 Å². The fourth-order valence-corrected chi connectivity index (χ4v) is 2.76. The fraction of sp³-hybridized carbons (Fsp3) is 0.200. The minimum atomic E-state index is -0.540. The molecule has 1 aliphatic heterocycles. The Hall–Kier alpha value is -2.08. The van der Waals surface area contributed by atoms with E-state index >= 15 is 0 Å². The van der Waals surface area contributed by atoms with Gasteiger partial charge in [-0.05, 0) is 54.1 Å². The minimum absolute atomic E-state index is 0.173. The minimum Gasteiger partial charge on any atom is -0.481 e. The van der Waals surface area contributed by atoms with Crippen molar-refractivity contribution in [3.63, 3.8) is 0 Å². The van der Waals surface area contributed by atoms with Crippen LogP contribution in [-0.4, -0.2) is 15.2 Å². The third kappa shape index (κ3) is 2.47. The number of ether oxygens (including phenoxy) is 1. The molecule has 2 N–H and O–H groups in total. The highest BCUT2D eigenvalue weighted by molar-refractivity contribution is 9.10. The summed E-state index contributed by atoms with van der Waals surface area (Å²) in [7, 11) is 0. The van der Waals surface area contributed by atoms with Gasteiger partial charge in [0.1, 0.15) is 17.0 Å². The Labute approximate surface area is 130 Å². The second-order valence-electron chi connectivity index (χ2n) is 5.37. The number of pyridine rings is 2. The average molecular weight is 348 g/mol. The first-order chi connectivity index (χ1) is 9.87. The van der Waals surface area contributed by atoms with Crippen LogP contribution in [0.25, 0.3) is 5.70 Å². The first-order valence-corrected chi connectivity index (χ1v) is 7.22. The number of nitrogens with two attached hydrogens (primary N) is 1. The number of nitrogens with zero attached hydrogens (tertiary/aromatic N) is 2. The number of anilines is 1. The van der Waals surface area contributed by atoms with Gasteiger partial charge in [0, 0.05) is 16.9 Å². The van der Waals surface area contributed by atoms with Gasteiger partial charge in [-0.3, -0.25) is 14.3 Å². The molecule has 0 aliphatic carbocycles. The lowest BCUT2D eigenvalue weighted by molar-refractivity contribution is 0.156. The van der Waals surface area contributed by atoms with E-state index in [-0.39, 0.29) is 11.2 Å². The smallest absolute Gasteiger partial charge is 0.278 e. The van der Waals surface area contributed by atoms with Crippen LogP contribution in [0.1, 0.15) is 19.5 Å². The number of fused-ring (bicyclic) bond motifs is 1. The molecule has 0 amide bonds. The number of aromatic nitrogens is 2. The van der Waals surface area contributed by atoms with Crippen molar-refractivity contribution in [2.45, 2.75) is 19.4 Å². The summed E-state index contributed by atoms with van der Waals surface area (Å²) in [6.07, 6.45) is 5.22. The van der Waals surface area contributed by atoms with Crippen LogP contribution >= 0.6 is 15.9 Å². The molecule has 6 heteroatoms. The van der Waals surface area contributed by atoms with Gasteiger partial charge in [-0.1, -0.05) is 0 Å². The van der Waals surface area contributed by atoms with E-state index in [4.69, 9.17) is 10.5 Å². The molecule has 0 radical (unpaired) electrons. The van der Waals surface area contributed by atoms with Crippen molar-refractivity contribution >= 4 is 27.3 Å². The lowest BCUT2D eigenvalue weighted by atomic mass is 10.0. The molecule has 21 heavy (non-hydrogen) atoms. The highest BCUT2D eigenvalue weighted by Gasteiger charge is 2.28. The summed E-state index contributed by atoms with van der Waals surface area (Å²) in [5.74, 6) is 0.644. The maximum atomic E-state index is 12.3. The van der Waals surface area contributed by atoms with Crippen LogP contribution < -0.4 is 16.0 Å². The zero-order chi connectivity index (χ0) is 15.2. The molecule has 0 aromatic carbocycles. The average Bonchev–Trinajstić information content (AvgIpc) is 2.41. The molecule has 0 unspecified atom stereocenters. The highest BCUT2D eigenvalue weighted by atomic mass is 79.9. The van der Waals surface area contributed by atoms with E-state index in [1.54, 1.807) is 24.5 Å². The van der Waals surface area contributed by atoms with Gasteiger partial charge in [0.2, 0.25) is 0 Å². The van der Waals surface area contributed by atoms with Crippen LogP contribution in [0, 0.1) is 0 Å². The van der Waals surface area contributed by atoms with Gasteiger partial charge < -0.3 is 10.5 Å². The second kappa shape index (κ2) is 4.73. The summed E-state index contributed by atoms with van der Waals surface area (Å²) in [6.45, 7) is 3.85. The number of halogens is 1. The van der Waals surface area contributed by atoms with Gasteiger partial charge in [-0.2, -0.15) is 0 Å². The third-order valence-corrected chi connectivity index (χ3v) is 3.58. The van der Waals surface area contributed by atoms with Gasteiger partial charge in [-0.25, -0.2) is 0 Å². The van der Waals surface area contributed by atoms with Crippen molar-refractivity contribution in [3.05, 3.63) is 57.2 Å². The van der Waals surface area contributed by atoms with E-state index in [1.165, 1.54) is 4.57 Å². The summed E-state index contributed by atoms with van der Waals surface area (Å²) in [5.41, 5.74) is 6.42. The largest absolute Gasteiger partial charge is 0.481 e. The summed E-state index contributed by atoms with van der Waals surface area (Å²) in [5, 5.41) is 0. The monoisotopic (exact) mass is 347 g/mol. The normalized spacial score (nSPS) is 15.9. The number of hydrogen-bond acceptors (Lipinski definition) is 4. The molecule has 0 bridgehead atoms. The molecular weight excluding hydrogens is 334 g/mol. The predicted molar refractivity (Wildman–Crippen MR) is 85.1 cm³/mol. The Morgan fingerprint density at radius 3 is 2.95 bits per heavy atom. The quantitative estimate of drug-likeness (QED) is 0.860. The molecule has 3 rings (SSSR count).